The zero-order valence-electron chi connectivity index (χ0n) is 18.4. The van der Waals surface area contributed by atoms with Crippen LogP contribution in [0.25, 0.3) is 0 Å². The monoisotopic (exact) mass is 467 g/mol. The van der Waals surface area contributed by atoms with Crippen LogP contribution in [0, 0.1) is 5.82 Å². The van der Waals surface area contributed by atoms with E-state index < -0.39 is 17.7 Å². The second-order valence-corrected chi connectivity index (χ2v) is 9.77. The third-order valence-corrected chi connectivity index (χ3v) is 7.67. The van der Waals surface area contributed by atoms with Crippen molar-refractivity contribution in [1.29, 1.82) is 0 Å². The van der Waals surface area contributed by atoms with Gasteiger partial charge in [0.05, 0.1) is 17.6 Å². The summed E-state index contributed by atoms with van der Waals surface area (Å²) >= 11 is 1.63. The zero-order valence-corrected chi connectivity index (χ0v) is 19.3. The largest absolute Gasteiger partial charge is 0.459 e. The van der Waals surface area contributed by atoms with Crippen molar-refractivity contribution in [3.8, 4) is 0 Å². The standard InChI is InChI=1S/C26H26FNO4S/c1-15-23(26(30)32-14-17-6-4-10-31-17)24(18-7-2-3-8-19(18)27)25-20(28-15)12-16(13-21(25)29)22-9-5-11-33-22/h2-3,5,7-9,11,16-17,24,28H,4,6,10,12-14H2,1H3/t16-,17-,24+/m0/s1. The Balaban J connectivity index is 1.51. The van der Waals surface area contributed by atoms with Crippen LogP contribution in [0.4, 0.5) is 4.39 Å². The number of ketones is 1. The number of carbonyl (C=O) groups excluding carboxylic acids is 2. The lowest BCUT2D eigenvalue weighted by Gasteiger charge is -2.36. The molecular weight excluding hydrogens is 441 g/mol. The van der Waals surface area contributed by atoms with Gasteiger partial charge in [-0.05, 0) is 43.7 Å². The van der Waals surface area contributed by atoms with Gasteiger partial charge in [0.1, 0.15) is 12.4 Å². The summed E-state index contributed by atoms with van der Waals surface area (Å²) in [6.45, 7) is 2.61. The van der Waals surface area contributed by atoms with Crippen LogP contribution in [0.2, 0.25) is 0 Å². The molecule has 0 unspecified atom stereocenters. The van der Waals surface area contributed by atoms with Gasteiger partial charge in [-0.1, -0.05) is 24.3 Å². The first-order valence-corrected chi connectivity index (χ1v) is 12.2. The Morgan fingerprint density at radius 3 is 2.82 bits per heavy atom. The summed E-state index contributed by atoms with van der Waals surface area (Å²) in [5.74, 6) is -1.76. The predicted molar refractivity (Wildman–Crippen MR) is 123 cm³/mol. The number of ether oxygens (including phenoxy) is 2. The summed E-state index contributed by atoms with van der Waals surface area (Å²) < 4.78 is 26.2. The maximum absolute atomic E-state index is 15.0. The van der Waals surface area contributed by atoms with Gasteiger partial charge in [-0.25, -0.2) is 9.18 Å². The number of hydrogen-bond acceptors (Lipinski definition) is 6. The van der Waals surface area contributed by atoms with E-state index in [0.29, 0.717) is 41.9 Å². The molecule has 3 aliphatic rings. The molecule has 0 amide bonds. The molecule has 33 heavy (non-hydrogen) atoms. The van der Waals surface area contributed by atoms with E-state index in [0.717, 1.165) is 23.4 Å². The van der Waals surface area contributed by atoms with Crippen LogP contribution >= 0.6 is 11.3 Å². The molecule has 172 valence electrons. The van der Waals surface area contributed by atoms with Gasteiger partial charge < -0.3 is 14.8 Å². The maximum Gasteiger partial charge on any atom is 0.336 e. The summed E-state index contributed by atoms with van der Waals surface area (Å²) in [5, 5.41) is 5.31. The first-order valence-electron chi connectivity index (χ1n) is 11.3. The molecule has 5 nitrogen and oxygen atoms in total. The van der Waals surface area contributed by atoms with Gasteiger partial charge in [-0.2, -0.15) is 0 Å². The lowest BCUT2D eigenvalue weighted by molar-refractivity contribution is -0.142. The van der Waals surface area contributed by atoms with Crippen LogP contribution in [-0.2, 0) is 19.1 Å². The molecule has 0 radical (unpaired) electrons. The number of nitrogens with one attached hydrogen (secondary N) is 1. The van der Waals surface area contributed by atoms with E-state index in [1.807, 2.05) is 17.5 Å². The van der Waals surface area contributed by atoms with Gasteiger partial charge in [0.15, 0.2) is 5.78 Å². The van der Waals surface area contributed by atoms with Gasteiger partial charge >= 0.3 is 5.97 Å². The number of rotatable bonds is 5. The number of dihydropyridines is 1. The Labute approximate surface area is 196 Å². The van der Waals surface area contributed by atoms with Gasteiger partial charge in [-0.15, -0.1) is 11.3 Å². The normalized spacial score (nSPS) is 25.2. The predicted octanol–water partition coefficient (Wildman–Crippen LogP) is 4.97. The number of benzene rings is 1. The van der Waals surface area contributed by atoms with Crippen LogP contribution in [0.3, 0.4) is 0 Å². The van der Waals surface area contributed by atoms with Crippen LogP contribution in [0.15, 0.2) is 64.3 Å². The van der Waals surface area contributed by atoms with E-state index in [2.05, 4.69) is 5.32 Å². The highest BCUT2D eigenvalue weighted by Crippen LogP contribution is 2.46. The molecule has 1 fully saturated rings. The molecule has 5 rings (SSSR count). The number of Topliss-reactive ketones (excluding diaryl/α,β-unsaturated/α-hetero) is 1. The second-order valence-electron chi connectivity index (χ2n) is 8.79. The Morgan fingerprint density at radius 1 is 1.24 bits per heavy atom. The molecule has 2 aromatic rings. The summed E-state index contributed by atoms with van der Waals surface area (Å²) in [6.07, 6.45) is 2.65. The highest BCUT2D eigenvalue weighted by molar-refractivity contribution is 7.10. The number of esters is 1. The highest BCUT2D eigenvalue weighted by Gasteiger charge is 2.42. The molecule has 1 N–H and O–H groups in total. The fraction of sp³-hybridized carbons (Fsp3) is 0.385. The van der Waals surface area contributed by atoms with Crippen LogP contribution in [-0.4, -0.2) is 31.1 Å². The number of allylic oxidation sites excluding steroid dienone is 3. The van der Waals surface area contributed by atoms with E-state index in [-0.39, 0.29) is 24.4 Å². The lowest BCUT2D eigenvalue weighted by Crippen LogP contribution is -2.36. The van der Waals surface area contributed by atoms with Crippen molar-refractivity contribution >= 4 is 23.1 Å². The number of carbonyl (C=O) groups is 2. The minimum atomic E-state index is -0.795. The van der Waals surface area contributed by atoms with Gasteiger partial charge in [0.2, 0.25) is 0 Å². The summed E-state index contributed by atoms with van der Waals surface area (Å²) in [5.41, 5.74) is 2.45. The topological polar surface area (TPSA) is 64.6 Å². The first kappa shape index (κ1) is 22.0. The molecule has 1 aliphatic carbocycles. The molecule has 2 aliphatic heterocycles. The molecule has 1 aromatic carbocycles. The third kappa shape index (κ3) is 4.27. The Hall–Kier alpha value is -2.77. The van der Waals surface area contributed by atoms with Crippen LogP contribution in [0.5, 0.6) is 0 Å². The average Bonchev–Trinajstić information content (AvgIpc) is 3.51. The van der Waals surface area contributed by atoms with Crippen molar-refractivity contribution in [2.75, 3.05) is 13.2 Å². The van der Waals surface area contributed by atoms with E-state index in [1.165, 1.54) is 6.07 Å². The van der Waals surface area contributed by atoms with E-state index in [4.69, 9.17) is 9.47 Å². The quantitative estimate of drug-likeness (QED) is 0.629. The number of halogens is 1. The molecule has 0 bridgehead atoms. The van der Waals surface area contributed by atoms with Crippen molar-refractivity contribution in [2.24, 2.45) is 0 Å². The summed E-state index contributed by atoms with van der Waals surface area (Å²) in [7, 11) is 0. The summed E-state index contributed by atoms with van der Waals surface area (Å²) in [4.78, 5) is 27.9. The minimum absolute atomic E-state index is 0.0627. The molecule has 1 saturated heterocycles. The number of thiophene rings is 1. The zero-order chi connectivity index (χ0) is 22.9. The SMILES string of the molecule is CC1=C(C(=O)OC[C@@H]2CCCO2)[C@@H](c2ccccc2F)C2=C(C[C@H](c3cccs3)CC2=O)N1. The van der Waals surface area contributed by atoms with Crippen molar-refractivity contribution in [3.63, 3.8) is 0 Å². The van der Waals surface area contributed by atoms with Gasteiger partial charge in [0, 0.05) is 46.4 Å². The minimum Gasteiger partial charge on any atom is -0.459 e. The van der Waals surface area contributed by atoms with Crippen LogP contribution in [0.1, 0.15) is 54.9 Å². The molecule has 7 heteroatoms. The second kappa shape index (κ2) is 9.23. The Morgan fingerprint density at radius 2 is 2.09 bits per heavy atom. The average molecular weight is 468 g/mol. The van der Waals surface area contributed by atoms with E-state index in [1.54, 1.807) is 36.5 Å². The fourth-order valence-corrected chi connectivity index (χ4v) is 5.91. The lowest BCUT2D eigenvalue weighted by atomic mass is 9.72. The Bertz CT molecular complexity index is 1130. The molecule has 0 spiro atoms. The molecule has 3 heterocycles. The van der Waals surface area contributed by atoms with Crippen molar-refractivity contribution in [3.05, 3.63) is 80.6 Å². The van der Waals surface area contributed by atoms with E-state index >= 15 is 4.39 Å². The highest BCUT2D eigenvalue weighted by atomic mass is 32.1. The Kier molecular flexibility index (Phi) is 6.17. The van der Waals surface area contributed by atoms with Crippen molar-refractivity contribution < 1.29 is 23.5 Å². The van der Waals surface area contributed by atoms with E-state index in [9.17, 15) is 9.59 Å². The molecule has 0 saturated carbocycles. The summed E-state index contributed by atoms with van der Waals surface area (Å²) in [6, 6.07) is 10.4. The molecule has 1 aromatic heterocycles. The van der Waals surface area contributed by atoms with Crippen molar-refractivity contribution in [1.82, 2.24) is 5.32 Å². The fourth-order valence-electron chi connectivity index (χ4n) is 5.08. The number of hydrogen-bond donors (Lipinski definition) is 1. The third-order valence-electron chi connectivity index (χ3n) is 6.63. The molecule has 3 atom stereocenters. The van der Waals surface area contributed by atoms with Gasteiger partial charge in [-0.3, -0.25) is 4.79 Å². The molecular formula is C26H26FNO4S. The smallest absolute Gasteiger partial charge is 0.336 e. The van der Waals surface area contributed by atoms with Gasteiger partial charge in [0.25, 0.3) is 0 Å². The van der Waals surface area contributed by atoms with Crippen molar-refractivity contribution in [2.45, 2.75) is 50.5 Å². The maximum atomic E-state index is 15.0. The first-order chi connectivity index (χ1) is 16.0. The van der Waals surface area contributed by atoms with Crippen LogP contribution < -0.4 is 5.32 Å².